The second-order valence-electron chi connectivity index (χ2n) is 4.28. The number of aliphatic carboxylic acids is 1. The van der Waals surface area contributed by atoms with Gasteiger partial charge in [0.2, 0.25) is 0 Å². The molecule has 2 amide bonds. The molecule has 1 atom stereocenters. The molecule has 0 spiro atoms. The molecule has 1 rings (SSSR count). The van der Waals surface area contributed by atoms with Gasteiger partial charge in [0, 0.05) is 39.1 Å². The van der Waals surface area contributed by atoms with Gasteiger partial charge in [-0.05, 0) is 0 Å². The lowest BCUT2D eigenvalue weighted by Gasteiger charge is -2.26. The molecule has 0 aliphatic carbocycles. The Morgan fingerprint density at radius 1 is 1.21 bits per heavy atom. The summed E-state index contributed by atoms with van der Waals surface area (Å²) in [5, 5.41) is 22.6. The molecule has 0 aromatic heterocycles. The van der Waals surface area contributed by atoms with Crippen LogP contribution in [0.2, 0.25) is 0 Å². The van der Waals surface area contributed by atoms with Gasteiger partial charge < -0.3 is 25.6 Å². The number of amides is 2. The molecule has 1 fully saturated rings. The Labute approximate surface area is 111 Å². The van der Waals surface area contributed by atoms with Crippen molar-refractivity contribution < 1.29 is 24.5 Å². The summed E-state index contributed by atoms with van der Waals surface area (Å²) in [4.78, 5) is 23.9. The van der Waals surface area contributed by atoms with Crippen LogP contribution in [-0.2, 0) is 9.53 Å². The zero-order valence-electron chi connectivity index (χ0n) is 10.8. The predicted molar refractivity (Wildman–Crippen MR) is 66.9 cm³/mol. The van der Waals surface area contributed by atoms with Crippen molar-refractivity contribution in [1.29, 1.82) is 0 Å². The number of nitrogens with zero attached hydrogens (tertiary/aromatic N) is 1. The van der Waals surface area contributed by atoms with Gasteiger partial charge in [-0.3, -0.25) is 4.90 Å². The van der Waals surface area contributed by atoms with Crippen molar-refractivity contribution >= 4 is 12.0 Å². The molecule has 0 bridgehead atoms. The zero-order chi connectivity index (χ0) is 14.1. The molecule has 4 N–H and O–H groups in total. The van der Waals surface area contributed by atoms with Crippen LogP contribution in [0.1, 0.15) is 6.42 Å². The first-order chi connectivity index (χ1) is 9.09. The van der Waals surface area contributed by atoms with Crippen molar-refractivity contribution in [3.05, 3.63) is 0 Å². The normalized spacial score (nSPS) is 17.7. The molecule has 8 nitrogen and oxygen atoms in total. The average molecular weight is 275 g/mol. The minimum Gasteiger partial charge on any atom is -0.479 e. The van der Waals surface area contributed by atoms with E-state index in [0.29, 0.717) is 6.54 Å². The number of nitrogens with one attached hydrogen (secondary N) is 2. The van der Waals surface area contributed by atoms with Crippen LogP contribution in [0.3, 0.4) is 0 Å². The first-order valence-electron chi connectivity index (χ1n) is 6.32. The SMILES string of the molecule is O=C(NCC[C@H](O)C(=O)O)NCCN1CCOCC1. The Kier molecular flexibility index (Phi) is 7.16. The van der Waals surface area contributed by atoms with Crippen molar-refractivity contribution in [2.24, 2.45) is 0 Å². The number of carboxylic acids is 1. The zero-order valence-corrected chi connectivity index (χ0v) is 10.8. The van der Waals surface area contributed by atoms with Gasteiger partial charge in [0.25, 0.3) is 0 Å². The molecule has 1 aliphatic heterocycles. The molecular weight excluding hydrogens is 254 g/mol. The van der Waals surface area contributed by atoms with Crippen LogP contribution in [0.25, 0.3) is 0 Å². The molecule has 0 saturated carbocycles. The van der Waals surface area contributed by atoms with E-state index in [9.17, 15) is 9.59 Å². The summed E-state index contributed by atoms with van der Waals surface area (Å²) in [5.74, 6) is -1.28. The highest BCUT2D eigenvalue weighted by molar-refractivity contribution is 5.74. The van der Waals surface area contributed by atoms with E-state index < -0.39 is 12.1 Å². The summed E-state index contributed by atoms with van der Waals surface area (Å²) in [6, 6.07) is -0.356. The molecule has 0 aromatic rings. The average Bonchev–Trinajstić information content (AvgIpc) is 2.39. The Morgan fingerprint density at radius 3 is 2.47 bits per heavy atom. The molecule has 1 aliphatic rings. The van der Waals surface area contributed by atoms with E-state index in [2.05, 4.69) is 15.5 Å². The van der Waals surface area contributed by atoms with E-state index in [1.807, 2.05) is 0 Å². The van der Waals surface area contributed by atoms with Gasteiger partial charge in [0.1, 0.15) is 0 Å². The number of ether oxygens (including phenoxy) is 1. The fourth-order valence-corrected chi connectivity index (χ4v) is 1.66. The quantitative estimate of drug-likeness (QED) is 0.448. The number of hydrogen-bond acceptors (Lipinski definition) is 5. The fourth-order valence-electron chi connectivity index (χ4n) is 1.66. The maximum absolute atomic E-state index is 11.3. The minimum absolute atomic E-state index is 0.00772. The van der Waals surface area contributed by atoms with Crippen molar-refractivity contribution in [3.63, 3.8) is 0 Å². The van der Waals surface area contributed by atoms with Gasteiger partial charge in [-0.2, -0.15) is 0 Å². The largest absolute Gasteiger partial charge is 0.479 e. The number of urea groups is 1. The number of rotatable bonds is 7. The highest BCUT2D eigenvalue weighted by Gasteiger charge is 2.13. The maximum Gasteiger partial charge on any atom is 0.332 e. The van der Waals surface area contributed by atoms with Crippen LogP contribution in [0.4, 0.5) is 4.79 Å². The third-order valence-electron chi connectivity index (χ3n) is 2.81. The van der Waals surface area contributed by atoms with E-state index in [4.69, 9.17) is 14.9 Å². The van der Waals surface area contributed by atoms with Crippen LogP contribution in [0, 0.1) is 0 Å². The van der Waals surface area contributed by atoms with E-state index in [0.717, 1.165) is 32.8 Å². The van der Waals surface area contributed by atoms with E-state index in [-0.39, 0.29) is 19.0 Å². The predicted octanol–water partition coefficient (Wildman–Crippen LogP) is -1.55. The third kappa shape index (κ3) is 6.94. The van der Waals surface area contributed by atoms with Gasteiger partial charge in [0.15, 0.2) is 6.10 Å². The van der Waals surface area contributed by atoms with Crippen molar-refractivity contribution in [1.82, 2.24) is 15.5 Å². The van der Waals surface area contributed by atoms with Crippen molar-refractivity contribution in [3.8, 4) is 0 Å². The Balaban J connectivity index is 1.99. The maximum atomic E-state index is 11.3. The lowest BCUT2D eigenvalue weighted by molar-refractivity contribution is -0.146. The van der Waals surface area contributed by atoms with Crippen LogP contribution in [-0.4, -0.2) is 79.2 Å². The second-order valence-corrected chi connectivity index (χ2v) is 4.28. The first-order valence-corrected chi connectivity index (χ1v) is 6.32. The number of aliphatic hydroxyl groups is 1. The van der Waals surface area contributed by atoms with Gasteiger partial charge in [0.05, 0.1) is 13.2 Å². The molecule has 8 heteroatoms. The number of hydrogen-bond donors (Lipinski definition) is 4. The summed E-state index contributed by atoms with van der Waals surface area (Å²) in [7, 11) is 0. The Bertz CT molecular complexity index is 294. The van der Waals surface area contributed by atoms with E-state index in [1.54, 1.807) is 0 Å². The van der Waals surface area contributed by atoms with Crippen molar-refractivity contribution in [2.75, 3.05) is 45.9 Å². The smallest absolute Gasteiger partial charge is 0.332 e. The lowest BCUT2D eigenvalue weighted by Crippen LogP contribution is -2.44. The molecular formula is C11H21N3O5. The highest BCUT2D eigenvalue weighted by atomic mass is 16.5. The van der Waals surface area contributed by atoms with E-state index >= 15 is 0 Å². The highest BCUT2D eigenvalue weighted by Crippen LogP contribution is 1.94. The van der Waals surface area contributed by atoms with Crippen molar-refractivity contribution in [2.45, 2.75) is 12.5 Å². The molecule has 0 aromatic carbocycles. The van der Waals surface area contributed by atoms with Crippen LogP contribution >= 0.6 is 0 Å². The summed E-state index contributed by atoms with van der Waals surface area (Å²) in [5.41, 5.74) is 0. The number of aliphatic hydroxyl groups excluding tert-OH is 1. The number of carbonyl (C=O) groups is 2. The van der Waals surface area contributed by atoms with E-state index in [1.165, 1.54) is 0 Å². The molecule has 1 heterocycles. The van der Waals surface area contributed by atoms with Gasteiger partial charge in [-0.25, -0.2) is 9.59 Å². The molecule has 1 saturated heterocycles. The second kappa shape index (κ2) is 8.68. The Hall–Kier alpha value is -1.38. The summed E-state index contributed by atoms with van der Waals surface area (Å²) in [6.45, 7) is 4.58. The molecule has 19 heavy (non-hydrogen) atoms. The Morgan fingerprint density at radius 2 is 1.84 bits per heavy atom. The minimum atomic E-state index is -1.44. The monoisotopic (exact) mass is 275 g/mol. The first kappa shape index (κ1) is 15.7. The number of morpholine rings is 1. The third-order valence-corrected chi connectivity index (χ3v) is 2.81. The van der Waals surface area contributed by atoms with Gasteiger partial charge in [-0.15, -0.1) is 0 Å². The summed E-state index contributed by atoms with van der Waals surface area (Å²) in [6.07, 6.45) is -1.44. The number of carboxylic acid groups (broad SMARTS) is 1. The van der Waals surface area contributed by atoms with Crippen LogP contribution in [0.5, 0.6) is 0 Å². The topological polar surface area (TPSA) is 111 Å². The number of carbonyl (C=O) groups excluding carboxylic acids is 1. The lowest BCUT2D eigenvalue weighted by atomic mass is 10.2. The fraction of sp³-hybridized carbons (Fsp3) is 0.818. The van der Waals surface area contributed by atoms with Gasteiger partial charge in [-0.1, -0.05) is 0 Å². The molecule has 0 unspecified atom stereocenters. The van der Waals surface area contributed by atoms with Crippen LogP contribution in [0.15, 0.2) is 0 Å². The molecule has 0 radical (unpaired) electrons. The van der Waals surface area contributed by atoms with Gasteiger partial charge >= 0.3 is 12.0 Å². The summed E-state index contributed by atoms with van der Waals surface area (Å²) >= 11 is 0. The van der Waals surface area contributed by atoms with Crippen LogP contribution < -0.4 is 10.6 Å². The molecule has 110 valence electrons. The standard InChI is InChI=1S/C11H21N3O5/c15-9(10(16)17)1-2-12-11(18)13-3-4-14-5-7-19-8-6-14/h9,15H,1-8H2,(H,16,17)(H2,12,13,18)/t9-/m0/s1. The summed E-state index contributed by atoms with van der Waals surface area (Å²) < 4.78 is 5.21.